The molecule has 4 heteroatoms. The number of rotatable bonds is 2. The molecular formula is C6H18N2O2. The number of hydrogen-bond donors (Lipinski definition) is 2. The minimum Gasteiger partial charge on any atom is -0.483 e. The van der Waals surface area contributed by atoms with Crippen LogP contribution in [0.4, 0.5) is 0 Å². The summed E-state index contributed by atoms with van der Waals surface area (Å²) in [5, 5.41) is 6.89. The lowest BCUT2D eigenvalue weighted by molar-refractivity contribution is -0.122. The number of carboxylic acid groups (broad SMARTS) is 1. The van der Waals surface area contributed by atoms with Gasteiger partial charge in [-0.2, -0.15) is 0 Å². The van der Waals surface area contributed by atoms with Crippen molar-refractivity contribution in [3.05, 3.63) is 0 Å². The molecule has 10 heavy (non-hydrogen) atoms. The molecule has 0 rings (SSSR count). The zero-order chi connectivity index (χ0) is 7.70. The van der Waals surface area contributed by atoms with Crippen LogP contribution in [0.25, 0.3) is 0 Å². The van der Waals surface area contributed by atoms with Gasteiger partial charge in [0.1, 0.15) is 0 Å². The summed E-state index contributed by atoms with van der Waals surface area (Å²) in [6, 6.07) is 0. The van der Waals surface area contributed by atoms with E-state index in [9.17, 15) is 0 Å². The third-order valence-corrected chi connectivity index (χ3v) is 0.671. The first-order valence-electron chi connectivity index (χ1n) is 2.91. The van der Waals surface area contributed by atoms with E-state index in [1.54, 1.807) is 0 Å². The van der Waals surface area contributed by atoms with Gasteiger partial charge in [0.25, 0.3) is 6.47 Å². The Bertz CT molecular complexity index is 57.7. The predicted molar refractivity (Wildman–Crippen MR) is 42.6 cm³/mol. The van der Waals surface area contributed by atoms with Crippen molar-refractivity contribution in [2.24, 2.45) is 0 Å². The van der Waals surface area contributed by atoms with Crippen molar-refractivity contribution in [2.45, 2.75) is 13.3 Å². The predicted octanol–water partition coefficient (Wildman–Crippen LogP) is 0.821. The van der Waals surface area contributed by atoms with Gasteiger partial charge in [-0.15, -0.1) is 0 Å². The Hall–Kier alpha value is -0.610. The van der Waals surface area contributed by atoms with Crippen LogP contribution in [0.1, 0.15) is 13.3 Å². The maximum absolute atomic E-state index is 8.36. The minimum absolute atomic E-state index is 0. The molecule has 0 aromatic heterocycles. The van der Waals surface area contributed by atoms with E-state index in [0.29, 0.717) is 0 Å². The average Bonchev–Trinajstić information content (AvgIpc) is 1.67. The zero-order valence-corrected chi connectivity index (χ0v) is 7.00. The van der Waals surface area contributed by atoms with E-state index in [4.69, 9.17) is 9.90 Å². The number of hydrogen-bond acceptors (Lipinski definition) is 3. The van der Waals surface area contributed by atoms with Crippen LogP contribution in [0.15, 0.2) is 0 Å². The van der Waals surface area contributed by atoms with Crippen molar-refractivity contribution in [3.8, 4) is 0 Å². The van der Waals surface area contributed by atoms with Crippen molar-refractivity contribution in [1.29, 1.82) is 0 Å². The highest BCUT2D eigenvalue weighted by Crippen LogP contribution is 1.76. The van der Waals surface area contributed by atoms with Crippen LogP contribution in [0.3, 0.4) is 0 Å². The van der Waals surface area contributed by atoms with Crippen LogP contribution in [-0.2, 0) is 4.79 Å². The molecule has 0 fully saturated rings. The smallest absolute Gasteiger partial charge is 0.290 e. The van der Waals surface area contributed by atoms with Crippen molar-refractivity contribution < 1.29 is 9.90 Å². The largest absolute Gasteiger partial charge is 0.483 e. The van der Waals surface area contributed by atoms with Crippen LogP contribution >= 0.6 is 0 Å². The maximum atomic E-state index is 8.36. The molecule has 0 bridgehead atoms. The Morgan fingerprint density at radius 1 is 1.50 bits per heavy atom. The second-order valence-electron chi connectivity index (χ2n) is 1.91. The fourth-order valence-electron chi connectivity index (χ4n) is 0.447. The lowest BCUT2D eigenvalue weighted by atomic mass is 10.5. The highest BCUT2D eigenvalue weighted by atomic mass is 16.3. The van der Waals surface area contributed by atoms with Crippen LogP contribution in [-0.4, -0.2) is 37.1 Å². The monoisotopic (exact) mass is 150 g/mol. The second-order valence-corrected chi connectivity index (χ2v) is 1.91. The van der Waals surface area contributed by atoms with Crippen molar-refractivity contribution >= 4 is 6.47 Å². The van der Waals surface area contributed by atoms with Gasteiger partial charge in [0.2, 0.25) is 0 Å². The molecule has 0 amide bonds. The molecule has 0 aromatic rings. The lowest BCUT2D eigenvalue weighted by Crippen LogP contribution is -2.11. The molecule has 0 radical (unpaired) electrons. The zero-order valence-electron chi connectivity index (χ0n) is 7.00. The molecule has 0 spiro atoms. The molecular weight excluding hydrogens is 132 g/mol. The lowest BCUT2D eigenvalue weighted by Gasteiger charge is -2.03. The van der Waals surface area contributed by atoms with Gasteiger partial charge in [0.05, 0.1) is 0 Å². The van der Waals surface area contributed by atoms with E-state index in [0.717, 1.165) is 0 Å². The summed E-state index contributed by atoms with van der Waals surface area (Å²) in [7, 11) is 4.17. The van der Waals surface area contributed by atoms with Gasteiger partial charge >= 0.3 is 0 Å². The van der Waals surface area contributed by atoms with Crippen molar-refractivity contribution in [2.75, 3.05) is 20.6 Å². The molecule has 4 nitrogen and oxygen atoms in total. The highest BCUT2D eigenvalue weighted by Gasteiger charge is 1.79. The minimum atomic E-state index is -0.250. The van der Waals surface area contributed by atoms with Gasteiger partial charge in [-0.1, -0.05) is 6.92 Å². The summed E-state index contributed by atoms with van der Waals surface area (Å²) in [6.45, 7) is 3.14. The molecule has 0 aliphatic carbocycles. The van der Waals surface area contributed by atoms with Gasteiger partial charge in [-0.3, -0.25) is 4.79 Å². The highest BCUT2D eigenvalue weighted by molar-refractivity contribution is 5.32. The molecule has 64 valence electrons. The van der Waals surface area contributed by atoms with Crippen molar-refractivity contribution in [3.63, 3.8) is 0 Å². The fraction of sp³-hybridized carbons (Fsp3) is 0.833. The molecule has 0 aliphatic heterocycles. The Balaban J connectivity index is -0.000000107. The summed E-state index contributed by atoms with van der Waals surface area (Å²) < 4.78 is 0. The normalized spacial score (nSPS) is 7.20. The van der Waals surface area contributed by atoms with Crippen LogP contribution < -0.4 is 6.15 Å². The Morgan fingerprint density at radius 2 is 1.80 bits per heavy atom. The number of carbonyl (C=O) groups is 1. The Kier molecular flexibility index (Phi) is 25.5. The summed E-state index contributed by atoms with van der Waals surface area (Å²) in [6.07, 6.45) is 1.26. The molecule has 4 N–H and O–H groups in total. The summed E-state index contributed by atoms with van der Waals surface area (Å²) in [4.78, 5) is 10.5. The van der Waals surface area contributed by atoms with E-state index in [2.05, 4.69) is 25.9 Å². The fourth-order valence-corrected chi connectivity index (χ4v) is 0.447. The molecule has 0 aliphatic rings. The Morgan fingerprint density at radius 3 is 1.80 bits per heavy atom. The first-order valence-corrected chi connectivity index (χ1v) is 2.91. The molecule has 0 heterocycles. The molecule has 0 aromatic carbocycles. The molecule has 0 atom stereocenters. The van der Waals surface area contributed by atoms with E-state index in [1.165, 1.54) is 13.0 Å². The van der Waals surface area contributed by atoms with Crippen LogP contribution in [0.2, 0.25) is 0 Å². The molecule has 0 unspecified atom stereocenters. The van der Waals surface area contributed by atoms with Crippen LogP contribution in [0.5, 0.6) is 0 Å². The third kappa shape index (κ3) is 52.8. The van der Waals surface area contributed by atoms with E-state index < -0.39 is 0 Å². The molecule has 0 saturated carbocycles. The molecule has 0 saturated heterocycles. The topological polar surface area (TPSA) is 75.5 Å². The van der Waals surface area contributed by atoms with E-state index >= 15 is 0 Å². The van der Waals surface area contributed by atoms with Crippen molar-refractivity contribution in [1.82, 2.24) is 11.1 Å². The van der Waals surface area contributed by atoms with Gasteiger partial charge < -0.3 is 16.2 Å². The van der Waals surface area contributed by atoms with E-state index in [-0.39, 0.29) is 12.6 Å². The second kappa shape index (κ2) is 15.8. The first kappa shape index (κ1) is 16.2. The van der Waals surface area contributed by atoms with E-state index in [1.807, 2.05) is 0 Å². The van der Waals surface area contributed by atoms with Gasteiger partial charge in [0, 0.05) is 0 Å². The number of nitrogens with zero attached hydrogens (tertiary/aromatic N) is 1. The first-order chi connectivity index (χ1) is 4.18. The summed E-state index contributed by atoms with van der Waals surface area (Å²) in [5.74, 6) is 0. The Labute approximate surface area is 62.4 Å². The van der Waals surface area contributed by atoms with Crippen LogP contribution in [0, 0.1) is 0 Å². The van der Waals surface area contributed by atoms with Gasteiger partial charge in [-0.05, 0) is 27.1 Å². The summed E-state index contributed by atoms with van der Waals surface area (Å²) >= 11 is 0. The van der Waals surface area contributed by atoms with Gasteiger partial charge in [-0.25, -0.2) is 0 Å². The standard InChI is InChI=1S/C5H13N.CH2O2.H3N/c1-4-5-6(2)3;2-1-3;/h4-5H2,1-3H3;1H,(H,2,3);1H3. The summed E-state index contributed by atoms with van der Waals surface area (Å²) in [5.41, 5.74) is 0. The average molecular weight is 150 g/mol. The van der Waals surface area contributed by atoms with Gasteiger partial charge in [0.15, 0.2) is 0 Å². The quantitative estimate of drug-likeness (QED) is 0.571. The SMILES string of the molecule is CCCN(C)C.N.O=CO. The third-order valence-electron chi connectivity index (χ3n) is 0.671. The maximum Gasteiger partial charge on any atom is 0.290 e.